The topological polar surface area (TPSA) is 40.5 Å². The molecule has 0 aliphatic rings. The SMILES string of the molecule is Br.CC(C)(P)C(O)O. The first-order valence-electron chi connectivity index (χ1n) is 2.09. The molecule has 0 aromatic rings. The zero-order valence-electron chi connectivity index (χ0n) is 4.96. The average Bonchev–Trinajstić information content (AvgIpc) is 1.31. The Morgan fingerprint density at radius 3 is 1.50 bits per heavy atom. The van der Waals surface area contributed by atoms with Crippen molar-refractivity contribution >= 4 is 26.2 Å². The maximum Gasteiger partial charge on any atom is 0.160 e. The highest BCUT2D eigenvalue weighted by Gasteiger charge is 2.18. The van der Waals surface area contributed by atoms with Crippen molar-refractivity contribution < 1.29 is 10.2 Å². The molecule has 0 saturated heterocycles. The molecule has 0 aliphatic heterocycles. The first kappa shape index (κ1) is 11.6. The lowest BCUT2D eigenvalue weighted by atomic mass is 10.2. The summed E-state index contributed by atoms with van der Waals surface area (Å²) in [6.07, 6.45) is -1.24. The molecule has 1 atom stereocenters. The molecule has 0 spiro atoms. The molecule has 0 aromatic heterocycles. The predicted octanol–water partition coefficient (Wildman–Crippen LogP) is 0.529. The van der Waals surface area contributed by atoms with Crippen molar-refractivity contribution in [3.05, 3.63) is 0 Å². The van der Waals surface area contributed by atoms with Gasteiger partial charge in [-0.05, 0) is 0 Å². The number of aliphatic hydroxyl groups excluding tert-OH is 1. The van der Waals surface area contributed by atoms with Crippen LogP contribution in [0.1, 0.15) is 13.8 Å². The van der Waals surface area contributed by atoms with Gasteiger partial charge in [-0.1, -0.05) is 13.8 Å². The molecule has 0 bridgehead atoms. The van der Waals surface area contributed by atoms with E-state index in [2.05, 4.69) is 9.24 Å². The Bertz CT molecular complexity index is 59.5. The molecule has 1 unspecified atom stereocenters. The third kappa shape index (κ3) is 4.98. The molecule has 0 aromatic carbocycles. The van der Waals surface area contributed by atoms with Crippen LogP contribution < -0.4 is 0 Å². The van der Waals surface area contributed by atoms with Crippen LogP contribution in [0.5, 0.6) is 0 Å². The summed E-state index contributed by atoms with van der Waals surface area (Å²) in [6, 6.07) is 0. The van der Waals surface area contributed by atoms with Gasteiger partial charge in [0.1, 0.15) is 0 Å². The molecule has 0 amide bonds. The van der Waals surface area contributed by atoms with E-state index in [4.69, 9.17) is 10.2 Å². The van der Waals surface area contributed by atoms with E-state index in [0.717, 1.165) is 0 Å². The van der Waals surface area contributed by atoms with Gasteiger partial charge in [-0.3, -0.25) is 0 Å². The van der Waals surface area contributed by atoms with Crippen molar-refractivity contribution in [2.45, 2.75) is 25.3 Å². The molecule has 4 heteroatoms. The van der Waals surface area contributed by atoms with Crippen LogP contribution >= 0.6 is 26.2 Å². The van der Waals surface area contributed by atoms with E-state index in [1.807, 2.05) is 0 Å². The molecule has 0 aliphatic carbocycles. The second kappa shape index (κ2) is 3.78. The molecule has 52 valence electrons. The van der Waals surface area contributed by atoms with Gasteiger partial charge in [0.25, 0.3) is 0 Å². The molecule has 2 N–H and O–H groups in total. The third-order valence-corrected chi connectivity index (χ3v) is 0.964. The van der Waals surface area contributed by atoms with Crippen LogP contribution in [0.4, 0.5) is 0 Å². The molecule has 8 heavy (non-hydrogen) atoms. The van der Waals surface area contributed by atoms with E-state index in [0.29, 0.717) is 0 Å². The average molecular weight is 203 g/mol. The fourth-order valence-corrected chi connectivity index (χ4v) is 0. The molecule has 0 fully saturated rings. The highest BCUT2D eigenvalue weighted by atomic mass is 79.9. The summed E-state index contributed by atoms with van der Waals surface area (Å²) >= 11 is 0. The van der Waals surface area contributed by atoms with Gasteiger partial charge in [0.2, 0.25) is 0 Å². The summed E-state index contributed by atoms with van der Waals surface area (Å²) < 4.78 is 0. The molecule has 0 rings (SSSR count). The summed E-state index contributed by atoms with van der Waals surface area (Å²) in [5.74, 6) is 0. The fourth-order valence-electron chi connectivity index (χ4n) is 0. The van der Waals surface area contributed by atoms with Crippen molar-refractivity contribution in [3.63, 3.8) is 0 Å². The van der Waals surface area contributed by atoms with Crippen LogP contribution in [0.2, 0.25) is 0 Å². The van der Waals surface area contributed by atoms with Gasteiger partial charge in [0.05, 0.1) is 0 Å². The van der Waals surface area contributed by atoms with Crippen LogP contribution in [0.3, 0.4) is 0 Å². The molecular weight excluding hydrogens is 191 g/mol. The Morgan fingerprint density at radius 1 is 1.38 bits per heavy atom. The highest BCUT2D eigenvalue weighted by molar-refractivity contribution is 8.93. The van der Waals surface area contributed by atoms with Crippen LogP contribution in [0.15, 0.2) is 0 Å². The van der Waals surface area contributed by atoms with Crippen molar-refractivity contribution in [3.8, 4) is 0 Å². The Balaban J connectivity index is 0. The normalized spacial score (nSPS) is 11.2. The van der Waals surface area contributed by atoms with Crippen molar-refractivity contribution in [1.82, 2.24) is 0 Å². The van der Waals surface area contributed by atoms with E-state index in [9.17, 15) is 0 Å². The van der Waals surface area contributed by atoms with E-state index in [-0.39, 0.29) is 17.0 Å². The molecule has 2 nitrogen and oxygen atoms in total. The zero-order valence-corrected chi connectivity index (χ0v) is 7.83. The summed E-state index contributed by atoms with van der Waals surface area (Å²) in [5.41, 5.74) is 0. The van der Waals surface area contributed by atoms with E-state index in [1.165, 1.54) is 0 Å². The Hall–Kier alpha value is 0.830. The van der Waals surface area contributed by atoms with Crippen LogP contribution in [0, 0.1) is 0 Å². The monoisotopic (exact) mass is 202 g/mol. The zero-order chi connectivity index (χ0) is 6.08. The standard InChI is InChI=1S/C4H11O2P.BrH/c1-4(2,7)3(5)6;/h3,5-6H,7H2,1-2H3;1H. The predicted molar refractivity (Wildman–Crippen MR) is 42.3 cm³/mol. The maximum absolute atomic E-state index is 8.42. The third-order valence-electron chi connectivity index (χ3n) is 0.665. The minimum Gasteiger partial charge on any atom is -0.367 e. The number of halogens is 1. The van der Waals surface area contributed by atoms with E-state index in [1.54, 1.807) is 13.8 Å². The number of rotatable bonds is 1. The second-order valence-electron chi connectivity index (χ2n) is 2.20. The molecule has 0 radical (unpaired) electrons. The first-order chi connectivity index (χ1) is 2.94. The summed E-state index contributed by atoms with van der Waals surface area (Å²) in [7, 11) is 2.33. The van der Waals surface area contributed by atoms with Crippen LogP contribution in [-0.2, 0) is 0 Å². The van der Waals surface area contributed by atoms with Crippen molar-refractivity contribution in [1.29, 1.82) is 0 Å². The van der Waals surface area contributed by atoms with Crippen molar-refractivity contribution in [2.75, 3.05) is 0 Å². The summed E-state index contributed by atoms with van der Waals surface area (Å²) in [5, 5.41) is 16.4. The van der Waals surface area contributed by atoms with Crippen molar-refractivity contribution in [2.24, 2.45) is 0 Å². The Kier molecular flexibility index (Phi) is 5.48. The van der Waals surface area contributed by atoms with Gasteiger partial charge in [0.15, 0.2) is 6.29 Å². The lowest BCUT2D eigenvalue weighted by Gasteiger charge is -2.19. The lowest BCUT2D eigenvalue weighted by Crippen LogP contribution is -2.28. The minimum absolute atomic E-state index is 0. The number of hydrogen-bond donors (Lipinski definition) is 2. The maximum atomic E-state index is 8.42. The number of hydrogen-bond acceptors (Lipinski definition) is 2. The van der Waals surface area contributed by atoms with Gasteiger partial charge in [-0.2, -0.15) is 0 Å². The lowest BCUT2D eigenvalue weighted by molar-refractivity contribution is -0.0609. The largest absolute Gasteiger partial charge is 0.367 e. The highest BCUT2D eigenvalue weighted by Crippen LogP contribution is 2.18. The molecular formula is C4H12BrO2P. The van der Waals surface area contributed by atoms with Crippen LogP contribution in [0.25, 0.3) is 0 Å². The molecule has 0 heterocycles. The van der Waals surface area contributed by atoms with Gasteiger partial charge < -0.3 is 10.2 Å². The Morgan fingerprint density at radius 2 is 1.50 bits per heavy atom. The first-order valence-corrected chi connectivity index (χ1v) is 2.67. The smallest absolute Gasteiger partial charge is 0.160 e. The summed E-state index contributed by atoms with van der Waals surface area (Å²) in [4.78, 5) is 0. The fraction of sp³-hybridized carbons (Fsp3) is 1.00. The second-order valence-corrected chi connectivity index (χ2v) is 3.68. The molecule has 0 saturated carbocycles. The van der Waals surface area contributed by atoms with Gasteiger partial charge >= 0.3 is 0 Å². The number of aliphatic hydroxyl groups is 2. The quantitative estimate of drug-likeness (QED) is 0.482. The minimum atomic E-state index is -1.24. The van der Waals surface area contributed by atoms with E-state index < -0.39 is 11.4 Å². The van der Waals surface area contributed by atoms with Gasteiger partial charge in [0, 0.05) is 5.16 Å². The van der Waals surface area contributed by atoms with Gasteiger partial charge in [-0.25, -0.2) is 0 Å². The van der Waals surface area contributed by atoms with E-state index >= 15 is 0 Å². The van der Waals surface area contributed by atoms with Crippen LogP contribution in [-0.4, -0.2) is 21.7 Å². The van der Waals surface area contributed by atoms with Gasteiger partial charge in [-0.15, -0.1) is 26.2 Å². The Labute approximate surface area is 62.3 Å². The summed E-state index contributed by atoms with van der Waals surface area (Å²) in [6.45, 7) is 3.45.